The highest BCUT2D eigenvalue weighted by Gasteiger charge is 2.41. The number of carbonyl (C=O) groups excluding carboxylic acids is 1. The van der Waals surface area contributed by atoms with E-state index in [0.717, 1.165) is 60.2 Å². The van der Waals surface area contributed by atoms with E-state index < -0.39 is 0 Å². The number of fused-ring (bicyclic) bond motifs is 4. The summed E-state index contributed by atoms with van der Waals surface area (Å²) in [5, 5.41) is 16.9. The molecule has 2 heterocycles. The predicted octanol–water partition coefficient (Wildman–Crippen LogP) is 4.76. The summed E-state index contributed by atoms with van der Waals surface area (Å²) >= 11 is 0. The van der Waals surface area contributed by atoms with Gasteiger partial charge in [0.05, 0.1) is 17.3 Å². The third kappa shape index (κ3) is 3.30. The smallest absolute Gasteiger partial charge is 0.256 e. The van der Waals surface area contributed by atoms with Crippen LogP contribution in [-0.4, -0.2) is 54.0 Å². The molecule has 5 nitrogen and oxygen atoms in total. The van der Waals surface area contributed by atoms with E-state index in [1.807, 2.05) is 35.2 Å². The maximum Gasteiger partial charge on any atom is 0.256 e. The van der Waals surface area contributed by atoms with E-state index in [2.05, 4.69) is 47.6 Å². The molecule has 33 heavy (non-hydrogen) atoms. The van der Waals surface area contributed by atoms with Gasteiger partial charge < -0.3 is 20.2 Å². The number of hydrogen-bond donors (Lipinski definition) is 2. The molecule has 0 bridgehead atoms. The van der Waals surface area contributed by atoms with Crippen molar-refractivity contribution in [1.29, 1.82) is 0 Å². The number of phenolic OH excluding ortho intramolecular Hbond substituents is 1. The molecule has 1 fully saturated rings. The fourth-order valence-electron chi connectivity index (χ4n) is 5.88. The fourth-order valence-corrected chi connectivity index (χ4v) is 5.88. The lowest BCUT2D eigenvalue weighted by molar-refractivity contribution is 0.0664. The number of carbonyl (C=O) groups is 1. The number of likely N-dealkylation sites (N-methyl/N-ethyl adjacent to an activating group) is 1. The summed E-state index contributed by atoms with van der Waals surface area (Å²) in [4.78, 5) is 17.8. The second kappa shape index (κ2) is 7.92. The Labute approximate surface area is 194 Å². The third-order valence-corrected chi connectivity index (χ3v) is 7.68. The van der Waals surface area contributed by atoms with Crippen molar-refractivity contribution in [2.75, 3.05) is 38.5 Å². The zero-order chi connectivity index (χ0) is 22.5. The van der Waals surface area contributed by atoms with Crippen molar-refractivity contribution in [3.05, 3.63) is 83.4 Å². The summed E-state index contributed by atoms with van der Waals surface area (Å²) in [7, 11) is 2.10. The summed E-state index contributed by atoms with van der Waals surface area (Å²) in [5.74, 6) is 0.921. The molecule has 5 heteroatoms. The molecule has 1 saturated heterocycles. The summed E-state index contributed by atoms with van der Waals surface area (Å²) in [6.45, 7) is 3.29. The van der Waals surface area contributed by atoms with Crippen LogP contribution in [0.1, 0.15) is 39.9 Å². The zero-order valence-corrected chi connectivity index (χ0v) is 18.9. The average molecular weight is 440 g/mol. The Kier molecular flexibility index (Phi) is 4.88. The summed E-state index contributed by atoms with van der Waals surface area (Å²) in [6, 6.07) is 18.0. The van der Waals surface area contributed by atoms with Crippen molar-refractivity contribution in [3.63, 3.8) is 0 Å². The minimum Gasteiger partial charge on any atom is -0.508 e. The lowest BCUT2D eigenvalue weighted by Crippen LogP contribution is -2.47. The van der Waals surface area contributed by atoms with E-state index in [0.29, 0.717) is 11.7 Å². The first-order chi connectivity index (χ1) is 16.1. The first kappa shape index (κ1) is 20.3. The second-order valence-electron chi connectivity index (χ2n) is 9.56. The van der Waals surface area contributed by atoms with Gasteiger partial charge in [-0.2, -0.15) is 0 Å². The van der Waals surface area contributed by atoms with Crippen LogP contribution in [0.4, 0.5) is 5.69 Å². The van der Waals surface area contributed by atoms with Gasteiger partial charge >= 0.3 is 0 Å². The van der Waals surface area contributed by atoms with Crippen molar-refractivity contribution in [1.82, 2.24) is 9.80 Å². The van der Waals surface area contributed by atoms with E-state index in [9.17, 15) is 9.90 Å². The Bertz CT molecular complexity index is 1260. The number of allylic oxidation sites excluding steroid dienone is 2. The number of hydrogen-bond acceptors (Lipinski definition) is 4. The van der Waals surface area contributed by atoms with Gasteiger partial charge in [0.25, 0.3) is 5.91 Å². The summed E-state index contributed by atoms with van der Waals surface area (Å²) in [5.41, 5.74) is 3.77. The lowest BCUT2D eigenvalue weighted by atomic mass is 9.75. The van der Waals surface area contributed by atoms with E-state index in [1.165, 1.54) is 5.56 Å². The highest BCUT2D eigenvalue weighted by molar-refractivity contribution is 6.01. The van der Waals surface area contributed by atoms with Crippen molar-refractivity contribution in [2.24, 2.45) is 5.92 Å². The molecule has 3 unspecified atom stereocenters. The van der Waals surface area contributed by atoms with Crippen LogP contribution < -0.4 is 5.32 Å². The number of nitrogens with one attached hydrogen (secondary N) is 1. The van der Waals surface area contributed by atoms with Crippen LogP contribution in [0.3, 0.4) is 0 Å². The van der Waals surface area contributed by atoms with Gasteiger partial charge in [-0.05, 0) is 47.9 Å². The number of amides is 1. The minimum atomic E-state index is -0.0787. The van der Waals surface area contributed by atoms with Gasteiger partial charge in [-0.1, -0.05) is 54.6 Å². The molecule has 168 valence electrons. The van der Waals surface area contributed by atoms with Crippen LogP contribution in [0.5, 0.6) is 5.75 Å². The molecule has 0 aromatic heterocycles. The highest BCUT2D eigenvalue weighted by Crippen LogP contribution is 2.53. The molecule has 2 aliphatic heterocycles. The molecule has 1 amide bonds. The Balaban J connectivity index is 1.46. The van der Waals surface area contributed by atoms with Gasteiger partial charge in [-0.15, -0.1) is 0 Å². The maximum absolute atomic E-state index is 13.6. The second-order valence-corrected chi connectivity index (χ2v) is 9.56. The van der Waals surface area contributed by atoms with Crippen LogP contribution in [0.25, 0.3) is 10.8 Å². The number of para-hydroxylation sites is 1. The number of aromatic hydroxyl groups is 1. The molecule has 3 aliphatic rings. The van der Waals surface area contributed by atoms with E-state index in [1.54, 1.807) is 6.07 Å². The minimum absolute atomic E-state index is 0.0787. The Morgan fingerprint density at radius 1 is 1.00 bits per heavy atom. The van der Waals surface area contributed by atoms with Gasteiger partial charge in [0, 0.05) is 37.7 Å². The number of phenols is 1. The molecule has 1 aliphatic carbocycles. The van der Waals surface area contributed by atoms with Crippen molar-refractivity contribution in [3.8, 4) is 5.75 Å². The summed E-state index contributed by atoms with van der Waals surface area (Å²) < 4.78 is 0. The number of anilines is 1. The average Bonchev–Trinajstić information content (AvgIpc) is 3.34. The zero-order valence-electron chi connectivity index (χ0n) is 18.9. The molecule has 3 aromatic carbocycles. The van der Waals surface area contributed by atoms with Gasteiger partial charge in [0.2, 0.25) is 0 Å². The Morgan fingerprint density at radius 3 is 2.67 bits per heavy atom. The molecule has 2 N–H and O–H groups in total. The fraction of sp³-hybridized carbons (Fsp3) is 0.321. The molecule has 3 aromatic rings. The number of rotatable bonds is 2. The number of nitrogens with zero attached hydrogens (tertiary/aromatic N) is 2. The monoisotopic (exact) mass is 439 g/mol. The first-order valence-electron chi connectivity index (χ1n) is 11.9. The predicted molar refractivity (Wildman–Crippen MR) is 132 cm³/mol. The largest absolute Gasteiger partial charge is 0.508 e. The van der Waals surface area contributed by atoms with E-state index in [-0.39, 0.29) is 17.9 Å². The van der Waals surface area contributed by atoms with Crippen LogP contribution in [0.2, 0.25) is 0 Å². The van der Waals surface area contributed by atoms with Crippen LogP contribution in [0.15, 0.2) is 66.7 Å². The van der Waals surface area contributed by atoms with Gasteiger partial charge in [-0.25, -0.2) is 0 Å². The molecule has 0 radical (unpaired) electrons. The molecular weight excluding hydrogens is 410 g/mol. The maximum atomic E-state index is 13.6. The van der Waals surface area contributed by atoms with E-state index >= 15 is 0 Å². The van der Waals surface area contributed by atoms with Crippen LogP contribution in [-0.2, 0) is 0 Å². The summed E-state index contributed by atoms with van der Waals surface area (Å²) in [6.07, 6.45) is 5.47. The molecule has 0 spiro atoms. The van der Waals surface area contributed by atoms with Gasteiger partial charge in [0.1, 0.15) is 5.75 Å². The Hall–Kier alpha value is -3.31. The molecule has 0 saturated carbocycles. The topological polar surface area (TPSA) is 55.8 Å². The normalized spacial score (nSPS) is 24.4. The SMILES string of the molecule is CN1CCN(C(=O)c2cccc3c2NC(c2c(O)ccc4ccccc24)C2CC=CC32)CC1. The van der Waals surface area contributed by atoms with E-state index in [4.69, 9.17) is 0 Å². The third-order valence-electron chi connectivity index (χ3n) is 7.68. The standard InChI is InChI=1S/C28H29N3O2/c1-30-14-16-31(17-15-30)28(33)23-11-5-9-21-20-8-4-10-22(20)27(29-26(21)23)25-19-7-3-2-6-18(19)12-13-24(25)32/h2-9,11-13,20,22,27,29,32H,10,14-17H2,1H3. The van der Waals surface area contributed by atoms with Crippen LogP contribution >= 0.6 is 0 Å². The Morgan fingerprint density at radius 2 is 1.82 bits per heavy atom. The molecule has 3 atom stereocenters. The van der Waals surface area contributed by atoms with Crippen LogP contribution in [0, 0.1) is 5.92 Å². The quantitative estimate of drug-likeness (QED) is 0.566. The lowest BCUT2D eigenvalue weighted by Gasteiger charge is -2.40. The molecular formula is C28H29N3O2. The first-order valence-corrected chi connectivity index (χ1v) is 11.9. The van der Waals surface area contributed by atoms with Gasteiger partial charge in [0.15, 0.2) is 0 Å². The van der Waals surface area contributed by atoms with Crippen molar-refractivity contribution >= 4 is 22.4 Å². The molecule has 6 rings (SSSR count). The number of benzene rings is 3. The number of piperazine rings is 1. The van der Waals surface area contributed by atoms with Crippen molar-refractivity contribution in [2.45, 2.75) is 18.4 Å². The van der Waals surface area contributed by atoms with Gasteiger partial charge in [-0.3, -0.25) is 4.79 Å². The highest BCUT2D eigenvalue weighted by atomic mass is 16.3. The van der Waals surface area contributed by atoms with Crippen molar-refractivity contribution < 1.29 is 9.90 Å².